The average Bonchev–Trinajstić information content (AvgIpc) is 2.82. The highest BCUT2D eigenvalue weighted by Gasteiger charge is 2.25. The van der Waals surface area contributed by atoms with Crippen molar-refractivity contribution in [1.82, 2.24) is 0 Å². The van der Waals surface area contributed by atoms with E-state index in [4.69, 9.17) is 16.7 Å². The number of hydrogen-bond donors (Lipinski definition) is 2. The maximum Gasteiger partial charge on any atom is 0.300 e. The van der Waals surface area contributed by atoms with Crippen molar-refractivity contribution in [2.75, 3.05) is 4.72 Å². The third-order valence-corrected chi connectivity index (χ3v) is 5.72. The van der Waals surface area contributed by atoms with Crippen molar-refractivity contribution in [3.63, 3.8) is 0 Å². The van der Waals surface area contributed by atoms with Crippen LogP contribution in [0.1, 0.15) is 5.56 Å². The van der Waals surface area contributed by atoms with E-state index >= 15 is 0 Å². The smallest absolute Gasteiger partial charge is 0.300 e. The summed E-state index contributed by atoms with van der Waals surface area (Å²) in [5, 5.41) is 19.9. The summed E-state index contributed by atoms with van der Waals surface area (Å²) < 4.78 is 26.2. The Hall–Kier alpha value is -1.68. The number of aliphatic hydroxyl groups is 1. The maximum absolute atomic E-state index is 12.2. The van der Waals surface area contributed by atoms with E-state index in [9.17, 15) is 18.5 Å². The Morgan fingerprint density at radius 2 is 2.05 bits per heavy atom. The standard InChI is InChI=1S/C11H9ClN2O5S2/c12-11-9(14(16)17)5-10(20-11)21(18,19)13-8-4-2-1-3-7(8)6-15/h1-5,13,15H,6H2. The van der Waals surface area contributed by atoms with E-state index in [2.05, 4.69) is 4.72 Å². The second-order valence-corrected chi connectivity index (χ2v) is 7.47. The highest BCUT2D eigenvalue weighted by atomic mass is 35.5. The van der Waals surface area contributed by atoms with Crippen LogP contribution in [-0.2, 0) is 16.6 Å². The van der Waals surface area contributed by atoms with E-state index in [0.717, 1.165) is 6.07 Å². The number of sulfonamides is 1. The molecular formula is C11H9ClN2O5S2. The number of benzene rings is 1. The molecule has 0 unspecified atom stereocenters. The molecule has 0 aliphatic heterocycles. The number of nitrogens with zero attached hydrogens (tertiary/aromatic N) is 1. The second kappa shape index (κ2) is 5.98. The number of aliphatic hydroxyl groups excluding tert-OH is 1. The number of nitro groups is 1. The number of hydrogen-bond acceptors (Lipinski definition) is 6. The summed E-state index contributed by atoms with van der Waals surface area (Å²) in [5.74, 6) is 0. The van der Waals surface area contributed by atoms with Gasteiger partial charge in [0.1, 0.15) is 4.21 Å². The molecule has 112 valence electrons. The summed E-state index contributed by atoms with van der Waals surface area (Å²) >= 11 is 6.25. The number of para-hydroxylation sites is 1. The van der Waals surface area contributed by atoms with E-state index in [0.29, 0.717) is 16.9 Å². The first kappa shape index (κ1) is 15.7. The monoisotopic (exact) mass is 348 g/mol. The van der Waals surface area contributed by atoms with E-state index in [-0.39, 0.29) is 20.8 Å². The van der Waals surface area contributed by atoms with Crippen molar-refractivity contribution < 1.29 is 18.4 Å². The molecule has 21 heavy (non-hydrogen) atoms. The minimum absolute atomic E-state index is 0.201. The Balaban J connectivity index is 2.39. The van der Waals surface area contributed by atoms with Gasteiger partial charge in [0.25, 0.3) is 15.7 Å². The minimum Gasteiger partial charge on any atom is -0.392 e. The van der Waals surface area contributed by atoms with Crippen LogP contribution in [0.5, 0.6) is 0 Å². The Morgan fingerprint density at radius 3 is 2.62 bits per heavy atom. The van der Waals surface area contributed by atoms with Gasteiger partial charge in [0.05, 0.1) is 17.2 Å². The summed E-state index contributed by atoms with van der Waals surface area (Å²) in [6.07, 6.45) is 0. The zero-order valence-corrected chi connectivity index (χ0v) is 12.7. The second-order valence-electron chi connectivity index (χ2n) is 3.90. The molecule has 0 aliphatic carbocycles. The van der Waals surface area contributed by atoms with E-state index in [1.807, 2.05) is 0 Å². The normalized spacial score (nSPS) is 11.3. The van der Waals surface area contributed by atoms with E-state index in [1.54, 1.807) is 18.2 Å². The molecule has 1 aromatic carbocycles. The van der Waals surface area contributed by atoms with Crippen molar-refractivity contribution in [1.29, 1.82) is 0 Å². The van der Waals surface area contributed by atoms with Gasteiger partial charge in [0.15, 0.2) is 4.34 Å². The number of anilines is 1. The lowest BCUT2D eigenvalue weighted by molar-refractivity contribution is -0.384. The first-order valence-electron chi connectivity index (χ1n) is 5.50. The predicted octanol–water partition coefficient (Wildman–Crippen LogP) is 2.60. The number of nitrogens with one attached hydrogen (secondary N) is 1. The average molecular weight is 349 g/mol. The van der Waals surface area contributed by atoms with Gasteiger partial charge in [-0.15, -0.1) is 11.3 Å². The maximum atomic E-state index is 12.2. The largest absolute Gasteiger partial charge is 0.392 e. The van der Waals surface area contributed by atoms with Crippen LogP contribution in [-0.4, -0.2) is 18.4 Å². The highest BCUT2D eigenvalue weighted by Crippen LogP contribution is 2.37. The van der Waals surface area contributed by atoms with Gasteiger partial charge in [0, 0.05) is 11.6 Å². The Kier molecular flexibility index (Phi) is 4.47. The van der Waals surface area contributed by atoms with Crippen molar-refractivity contribution in [2.24, 2.45) is 0 Å². The quantitative estimate of drug-likeness (QED) is 0.637. The van der Waals surface area contributed by atoms with Crippen molar-refractivity contribution >= 4 is 44.3 Å². The van der Waals surface area contributed by atoms with Crippen LogP contribution < -0.4 is 4.72 Å². The van der Waals surface area contributed by atoms with Gasteiger partial charge in [-0.25, -0.2) is 8.42 Å². The lowest BCUT2D eigenvalue weighted by atomic mass is 10.2. The third-order valence-electron chi connectivity index (χ3n) is 2.54. The van der Waals surface area contributed by atoms with Gasteiger partial charge >= 0.3 is 0 Å². The molecule has 0 amide bonds. The van der Waals surface area contributed by atoms with Crippen LogP contribution in [0, 0.1) is 10.1 Å². The van der Waals surface area contributed by atoms with E-state index < -0.39 is 20.6 Å². The van der Waals surface area contributed by atoms with E-state index in [1.165, 1.54) is 6.07 Å². The van der Waals surface area contributed by atoms with Crippen LogP contribution >= 0.6 is 22.9 Å². The molecule has 0 aliphatic rings. The molecular weight excluding hydrogens is 340 g/mol. The lowest BCUT2D eigenvalue weighted by Gasteiger charge is -2.09. The molecule has 2 aromatic rings. The van der Waals surface area contributed by atoms with Crippen LogP contribution in [0.3, 0.4) is 0 Å². The Labute approximate surface area is 129 Å². The van der Waals surface area contributed by atoms with Crippen molar-refractivity contribution in [3.8, 4) is 0 Å². The van der Waals surface area contributed by atoms with Crippen molar-refractivity contribution in [2.45, 2.75) is 10.8 Å². The van der Waals surface area contributed by atoms with Crippen LogP contribution in [0.25, 0.3) is 0 Å². The van der Waals surface area contributed by atoms with Crippen molar-refractivity contribution in [3.05, 3.63) is 50.3 Å². The fourth-order valence-corrected chi connectivity index (χ4v) is 4.31. The lowest BCUT2D eigenvalue weighted by Crippen LogP contribution is -2.13. The first-order chi connectivity index (χ1) is 9.85. The summed E-state index contributed by atoms with van der Waals surface area (Å²) in [5.41, 5.74) is 0.128. The molecule has 0 fully saturated rings. The molecule has 0 radical (unpaired) electrons. The van der Waals surface area contributed by atoms with Gasteiger partial charge < -0.3 is 5.11 Å². The molecule has 7 nitrogen and oxygen atoms in total. The van der Waals surface area contributed by atoms with Gasteiger partial charge in [-0.2, -0.15) is 0 Å². The molecule has 2 rings (SSSR count). The number of thiophene rings is 1. The summed E-state index contributed by atoms with van der Waals surface area (Å²) in [7, 11) is -4.01. The van der Waals surface area contributed by atoms with Gasteiger partial charge in [0.2, 0.25) is 0 Å². The molecule has 0 saturated carbocycles. The Morgan fingerprint density at radius 1 is 1.38 bits per heavy atom. The molecule has 10 heteroatoms. The van der Waals surface area contributed by atoms with Gasteiger partial charge in [-0.3, -0.25) is 14.8 Å². The highest BCUT2D eigenvalue weighted by molar-refractivity contribution is 7.94. The molecule has 0 bridgehead atoms. The molecule has 1 aromatic heterocycles. The first-order valence-corrected chi connectivity index (χ1v) is 8.18. The molecule has 0 atom stereocenters. The minimum atomic E-state index is -4.01. The number of rotatable bonds is 5. The summed E-state index contributed by atoms with van der Waals surface area (Å²) in [4.78, 5) is 9.95. The number of halogens is 1. The topological polar surface area (TPSA) is 110 Å². The summed E-state index contributed by atoms with van der Waals surface area (Å²) in [6, 6.07) is 7.18. The fourth-order valence-electron chi connectivity index (χ4n) is 1.55. The molecule has 0 spiro atoms. The van der Waals surface area contributed by atoms with Gasteiger partial charge in [-0.05, 0) is 6.07 Å². The fraction of sp³-hybridized carbons (Fsp3) is 0.0909. The Bertz CT molecular complexity index is 788. The molecule has 0 saturated heterocycles. The van der Waals surface area contributed by atoms with Crippen LogP contribution in [0.2, 0.25) is 4.34 Å². The van der Waals surface area contributed by atoms with Gasteiger partial charge in [-0.1, -0.05) is 29.8 Å². The summed E-state index contributed by atoms with van der Waals surface area (Å²) in [6.45, 7) is -0.343. The molecule has 1 heterocycles. The SMILES string of the molecule is O=[N+]([O-])c1cc(S(=O)(=O)Nc2ccccc2CO)sc1Cl. The molecule has 2 N–H and O–H groups in total. The predicted molar refractivity (Wildman–Crippen MR) is 79.2 cm³/mol. The zero-order chi connectivity index (χ0) is 15.6. The zero-order valence-electron chi connectivity index (χ0n) is 10.3. The van der Waals surface area contributed by atoms with Crippen LogP contribution in [0.4, 0.5) is 11.4 Å². The third kappa shape index (κ3) is 3.32. The van der Waals surface area contributed by atoms with Crippen LogP contribution in [0.15, 0.2) is 34.5 Å².